The van der Waals surface area contributed by atoms with Crippen molar-refractivity contribution in [2.24, 2.45) is 5.41 Å². The van der Waals surface area contributed by atoms with E-state index in [-0.39, 0.29) is 0 Å². The van der Waals surface area contributed by atoms with Crippen molar-refractivity contribution in [1.29, 1.82) is 0 Å². The van der Waals surface area contributed by atoms with Gasteiger partial charge in [-0.1, -0.05) is 20.8 Å². The zero-order valence-corrected chi connectivity index (χ0v) is 11.7. The van der Waals surface area contributed by atoms with Gasteiger partial charge < -0.3 is 10.6 Å². The van der Waals surface area contributed by atoms with Gasteiger partial charge in [-0.2, -0.15) is 0 Å². The standard InChI is InChI=1S/C14H24N4/c1-4-11-12(15)16-10-17-13(11)18-8-5-6-14(2,3)7-9-18/h10H,4-9H2,1-3H3,(H2,15,16,17). The van der Waals surface area contributed by atoms with Crippen LogP contribution in [0.1, 0.15) is 45.6 Å². The molecule has 100 valence electrons. The van der Waals surface area contributed by atoms with Gasteiger partial charge in [0, 0.05) is 18.7 Å². The van der Waals surface area contributed by atoms with Crippen LogP contribution in [0.25, 0.3) is 0 Å². The van der Waals surface area contributed by atoms with Crippen molar-refractivity contribution < 1.29 is 0 Å². The Bertz CT molecular complexity index is 414. The summed E-state index contributed by atoms with van der Waals surface area (Å²) in [5.41, 5.74) is 7.49. The zero-order valence-electron chi connectivity index (χ0n) is 11.7. The summed E-state index contributed by atoms with van der Waals surface area (Å²) in [6.45, 7) is 8.96. The highest BCUT2D eigenvalue weighted by Gasteiger charge is 2.25. The summed E-state index contributed by atoms with van der Waals surface area (Å²) in [7, 11) is 0. The molecular formula is C14H24N4. The summed E-state index contributed by atoms with van der Waals surface area (Å²) in [5.74, 6) is 1.67. The number of nitrogens with zero attached hydrogens (tertiary/aromatic N) is 3. The Kier molecular flexibility index (Phi) is 3.73. The molecule has 18 heavy (non-hydrogen) atoms. The second-order valence-electron chi connectivity index (χ2n) is 5.92. The summed E-state index contributed by atoms with van der Waals surface area (Å²) < 4.78 is 0. The van der Waals surface area contributed by atoms with Crippen molar-refractivity contribution in [2.75, 3.05) is 23.7 Å². The Labute approximate surface area is 110 Å². The van der Waals surface area contributed by atoms with Gasteiger partial charge in [0.15, 0.2) is 0 Å². The smallest absolute Gasteiger partial charge is 0.137 e. The normalized spacial score (nSPS) is 19.6. The summed E-state index contributed by atoms with van der Waals surface area (Å²) in [5, 5.41) is 0. The maximum Gasteiger partial charge on any atom is 0.137 e. The molecule has 1 aliphatic rings. The van der Waals surface area contributed by atoms with Crippen LogP contribution in [0.3, 0.4) is 0 Å². The van der Waals surface area contributed by atoms with Crippen LogP contribution in [0.2, 0.25) is 0 Å². The van der Waals surface area contributed by atoms with E-state index in [1.165, 1.54) is 19.3 Å². The van der Waals surface area contributed by atoms with Gasteiger partial charge in [-0.25, -0.2) is 9.97 Å². The van der Waals surface area contributed by atoms with Gasteiger partial charge in [0.2, 0.25) is 0 Å². The maximum absolute atomic E-state index is 5.95. The van der Waals surface area contributed by atoms with Gasteiger partial charge in [-0.3, -0.25) is 0 Å². The topological polar surface area (TPSA) is 55.0 Å². The first-order chi connectivity index (χ1) is 8.53. The van der Waals surface area contributed by atoms with Crippen LogP contribution in [-0.4, -0.2) is 23.1 Å². The van der Waals surface area contributed by atoms with Gasteiger partial charge in [0.25, 0.3) is 0 Å². The number of anilines is 2. The SMILES string of the molecule is CCc1c(N)ncnc1N1CCCC(C)(C)CC1. The minimum atomic E-state index is 0.444. The Balaban J connectivity index is 2.24. The van der Waals surface area contributed by atoms with E-state index in [0.29, 0.717) is 11.2 Å². The molecule has 0 aliphatic carbocycles. The number of aromatic nitrogens is 2. The quantitative estimate of drug-likeness (QED) is 0.874. The van der Waals surface area contributed by atoms with Crippen LogP contribution < -0.4 is 10.6 Å². The molecule has 1 aromatic heterocycles. The largest absolute Gasteiger partial charge is 0.383 e. The molecule has 0 aromatic carbocycles. The molecule has 0 unspecified atom stereocenters. The zero-order chi connectivity index (χ0) is 13.2. The fourth-order valence-corrected chi connectivity index (χ4v) is 2.66. The lowest BCUT2D eigenvalue weighted by atomic mass is 9.85. The van der Waals surface area contributed by atoms with Crippen LogP contribution in [0, 0.1) is 5.41 Å². The van der Waals surface area contributed by atoms with Crippen LogP contribution in [0.15, 0.2) is 6.33 Å². The predicted octanol–water partition coefficient (Wildman–Crippen LogP) is 2.64. The molecular weight excluding hydrogens is 224 g/mol. The third kappa shape index (κ3) is 2.74. The van der Waals surface area contributed by atoms with E-state index in [0.717, 1.165) is 30.9 Å². The predicted molar refractivity (Wildman–Crippen MR) is 75.7 cm³/mol. The van der Waals surface area contributed by atoms with Crippen molar-refractivity contribution >= 4 is 11.6 Å². The van der Waals surface area contributed by atoms with Crippen LogP contribution in [0.5, 0.6) is 0 Å². The molecule has 1 aliphatic heterocycles. The van der Waals surface area contributed by atoms with Crippen LogP contribution >= 0.6 is 0 Å². The highest BCUT2D eigenvalue weighted by atomic mass is 15.2. The van der Waals surface area contributed by atoms with E-state index >= 15 is 0 Å². The van der Waals surface area contributed by atoms with Gasteiger partial charge in [0.1, 0.15) is 18.0 Å². The minimum Gasteiger partial charge on any atom is -0.383 e. The monoisotopic (exact) mass is 248 g/mol. The van der Waals surface area contributed by atoms with E-state index in [2.05, 4.69) is 35.6 Å². The van der Waals surface area contributed by atoms with Gasteiger partial charge >= 0.3 is 0 Å². The second-order valence-corrected chi connectivity index (χ2v) is 5.92. The Morgan fingerprint density at radius 3 is 2.78 bits per heavy atom. The molecule has 1 saturated heterocycles. The van der Waals surface area contributed by atoms with Gasteiger partial charge in [0.05, 0.1) is 0 Å². The highest BCUT2D eigenvalue weighted by molar-refractivity contribution is 5.56. The van der Waals surface area contributed by atoms with Gasteiger partial charge in [-0.15, -0.1) is 0 Å². The molecule has 0 spiro atoms. The Hall–Kier alpha value is -1.32. The molecule has 0 radical (unpaired) electrons. The summed E-state index contributed by atoms with van der Waals surface area (Å²) in [6, 6.07) is 0. The second kappa shape index (κ2) is 5.12. The fourth-order valence-electron chi connectivity index (χ4n) is 2.66. The average molecular weight is 248 g/mol. The number of hydrogen-bond acceptors (Lipinski definition) is 4. The van der Waals surface area contributed by atoms with Crippen LogP contribution in [0.4, 0.5) is 11.6 Å². The average Bonchev–Trinajstić information content (AvgIpc) is 2.50. The number of nitrogen functional groups attached to an aromatic ring is 1. The molecule has 1 fully saturated rings. The molecule has 4 nitrogen and oxygen atoms in total. The third-order valence-electron chi connectivity index (χ3n) is 3.95. The van der Waals surface area contributed by atoms with E-state index in [9.17, 15) is 0 Å². The number of hydrogen-bond donors (Lipinski definition) is 1. The minimum absolute atomic E-state index is 0.444. The fraction of sp³-hybridized carbons (Fsp3) is 0.714. The first kappa shape index (κ1) is 13.1. The lowest BCUT2D eigenvalue weighted by Gasteiger charge is -2.25. The Morgan fingerprint density at radius 2 is 2.06 bits per heavy atom. The number of rotatable bonds is 2. The van der Waals surface area contributed by atoms with Crippen LogP contribution in [-0.2, 0) is 6.42 Å². The summed E-state index contributed by atoms with van der Waals surface area (Å²) >= 11 is 0. The number of nitrogens with two attached hydrogens (primary N) is 1. The first-order valence-corrected chi connectivity index (χ1v) is 6.88. The molecule has 2 heterocycles. The summed E-state index contributed by atoms with van der Waals surface area (Å²) in [4.78, 5) is 10.9. The van der Waals surface area contributed by atoms with Crippen molar-refractivity contribution in [3.05, 3.63) is 11.9 Å². The molecule has 0 bridgehead atoms. The van der Waals surface area contributed by atoms with E-state index < -0.39 is 0 Å². The van der Waals surface area contributed by atoms with Crippen molar-refractivity contribution in [3.63, 3.8) is 0 Å². The molecule has 2 rings (SSSR count). The van der Waals surface area contributed by atoms with E-state index in [1.807, 2.05) is 0 Å². The molecule has 1 aromatic rings. The molecule has 0 amide bonds. The summed E-state index contributed by atoms with van der Waals surface area (Å²) in [6.07, 6.45) is 6.19. The Morgan fingerprint density at radius 1 is 1.28 bits per heavy atom. The van der Waals surface area contributed by atoms with Crippen molar-refractivity contribution in [2.45, 2.75) is 46.5 Å². The molecule has 4 heteroatoms. The lowest BCUT2D eigenvalue weighted by Crippen LogP contribution is -2.27. The molecule has 0 atom stereocenters. The van der Waals surface area contributed by atoms with E-state index in [4.69, 9.17) is 5.73 Å². The third-order valence-corrected chi connectivity index (χ3v) is 3.95. The first-order valence-electron chi connectivity index (χ1n) is 6.88. The lowest BCUT2D eigenvalue weighted by molar-refractivity contribution is 0.325. The maximum atomic E-state index is 5.95. The van der Waals surface area contributed by atoms with Crippen molar-refractivity contribution in [3.8, 4) is 0 Å². The van der Waals surface area contributed by atoms with E-state index in [1.54, 1.807) is 6.33 Å². The molecule has 2 N–H and O–H groups in total. The molecule has 0 saturated carbocycles. The van der Waals surface area contributed by atoms with Crippen molar-refractivity contribution in [1.82, 2.24) is 9.97 Å². The highest BCUT2D eigenvalue weighted by Crippen LogP contribution is 2.32. The van der Waals surface area contributed by atoms with Gasteiger partial charge in [-0.05, 0) is 31.1 Å².